The fourth-order valence-electron chi connectivity index (χ4n) is 1.08. The van der Waals surface area contributed by atoms with Crippen molar-refractivity contribution < 1.29 is 12.8 Å². The Morgan fingerprint density at radius 3 is 2.50 bits per heavy atom. The normalized spacial score (nSPS) is 12.6. The predicted octanol–water partition coefficient (Wildman–Crippen LogP) is 1.03. The van der Waals surface area contributed by atoms with Crippen LogP contribution in [0.1, 0.15) is 19.6 Å². The molecule has 0 saturated carbocycles. The molecule has 1 aromatic heterocycles. The molecule has 1 aromatic rings. The summed E-state index contributed by atoms with van der Waals surface area (Å²) >= 11 is 0. The molecule has 0 aliphatic rings. The van der Waals surface area contributed by atoms with Crippen molar-refractivity contribution in [3.63, 3.8) is 0 Å². The zero-order valence-corrected chi connectivity index (χ0v) is 10.8. The summed E-state index contributed by atoms with van der Waals surface area (Å²) in [6.45, 7) is 4.56. The Labute approximate surface area is 96.5 Å². The molecule has 0 aromatic carbocycles. The fourth-order valence-corrected chi connectivity index (χ4v) is 1.89. The van der Waals surface area contributed by atoms with Crippen LogP contribution in [-0.4, -0.2) is 32.9 Å². The van der Waals surface area contributed by atoms with Gasteiger partial charge < -0.3 is 9.73 Å². The molecule has 0 bridgehead atoms. The van der Waals surface area contributed by atoms with E-state index >= 15 is 0 Å². The number of hydrogen-bond acceptors (Lipinski definition) is 4. The van der Waals surface area contributed by atoms with Crippen molar-refractivity contribution in [1.82, 2.24) is 9.62 Å². The first-order chi connectivity index (χ1) is 7.34. The van der Waals surface area contributed by atoms with E-state index in [2.05, 4.69) is 5.32 Å². The van der Waals surface area contributed by atoms with Crippen LogP contribution in [0.15, 0.2) is 21.6 Å². The highest BCUT2D eigenvalue weighted by Crippen LogP contribution is 2.16. The van der Waals surface area contributed by atoms with Crippen LogP contribution in [0.3, 0.4) is 0 Å². The second-order valence-corrected chi connectivity index (χ2v) is 6.13. The highest BCUT2D eigenvalue weighted by molar-refractivity contribution is 7.88. The largest absolute Gasteiger partial charge is 0.447 e. The van der Waals surface area contributed by atoms with Crippen LogP contribution in [0.25, 0.3) is 0 Å². The number of rotatable bonds is 5. The Hall–Kier alpha value is -0.850. The van der Waals surface area contributed by atoms with E-state index in [0.29, 0.717) is 18.3 Å². The zero-order chi connectivity index (χ0) is 12.3. The van der Waals surface area contributed by atoms with Crippen LogP contribution in [-0.2, 0) is 16.6 Å². The standard InChI is InChI=1S/C10H18N2O3S/c1-8(2)11-7-9-5-6-10(15-9)16(13,14)12(3)4/h5-6,8,11H,7H2,1-4H3. The Kier molecular flexibility index (Phi) is 4.12. The Bertz CT molecular complexity index is 435. The molecule has 0 aliphatic carbocycles. The van der Waals surface area contributed by atoms with E-state index < -0.39 is 10.0 Å². The summed E-state index contributed by atoms with van der Waals surface area (Å²) in [4.78, 5) is 0. The number of nitrogens with zero attached hydrogens (tertiary/aromatic N) is 1. The third kappa shape index (κ3) is 3.07. The summed E-state index contributed by atoms with van der Waals surface area (Å²) in [5, 5.41) is 3.14. The van der Waals surface area contributed by atoms with E-state index in [1.807, 2.05) is 13.8 Å². The molecule has 0 spiro atoms. The topological polar surface area (TPSA) is 62.6 Å². The molecular weight excluding hydrogens is 228 g/mol. The summed E-state index contributed by atoms with van der Waals surface area (Å²) in [7, 11) is -0.504. The van der Waals surface area contributed by atoms with Gasteiger partial charge in [0.15, 0.2) is 0 Å². The lowest BCUT2D eigenvalue weighted by Crippen LogP contribution is -2.22. The number of furan rings is 1. The van der Waals surface area contributed by atoms with E-state index in [-0.39, 0.29) is 5.09 Å². The van der Waals surface area contributed by atoms with E-state index in [9.17, 15) is 8.42 Å². The third-order valence-electron chi connectivity index (χ3n) is 2.06. The SMILES string of the molecule is CC(C)NCc1ccc(S(=O)(=O)N(C)C)o1. The molecule has 0 unspecified atom stereocenters. The number of sulfonamides is 1. The Balaban J connectivity index is 2.80. The molecule has 6 heteroatoms. The molecule has 1 heterocycles. The molecule has 0 aliphatic heterocycles. The maximum Gasteiger partial charge on any atom is 0.275 e. The van der Waals surface area contributed by atoms with Crippen LogP contribution in [0.2, 0.25) is 0 Å². The first-order valence-electron chi connectivity index (χ1n) is 5.08. The minimum absolute atomic E-state index is 0.0157. The number of nitrogens with one attached hydrogen (secondary N) is 1. The van der Waals surface area contributed by atoms with Crippen LogP contribution in [0.5, 0.6) is 0 Å². The molecule has 0 atom stereocenters. The van der Waals surface area contributed by atoms with Gasteiger partial charge in [0.2, 0.25) is 5.09 Å². The predicted molar refractivity (Wildman–Crippen MR) is 61.6 cm³/mol. The van der Waals surface area contributed by atoms with Gasteiger partial charge in [0.1, 0.15) is 5.76 Å². The van der Waals surface area contributed by atoms with Crippen molar-refractivity contribution in [1.29, 1.82) is 0 Å². The fraction of sp³-hybridized carbons (Fsp3) is 0.600. The van der Waals surface area contributed by atoms with Gasteiger partial charge in [-0.3, -0.25) is 0 Å². The van der Waals surface area contributed by atoms with Crippen molar-refractivity contribution in [3.8, 4) is 0 Å². The lowest BCUT2D eigenvalue weighted by atomic mass is 10.3. The first-order valence-corrected chi connectivity index (χ1v) is 6.52. The molecule has 5 nitrogen and oxygen atoms in total. The average molecular weight is 246 g/mol. The Morgan fingerprint density at radius 1 is 1.38 bits per heavy atom. The molecular formula is C10H18N2O3S. The molecule has 0 fully saturated rings. The monoisotopic (exact) mass is 246 g/mol. The van der Waals surface area contributed by atoms with Gasteiger partial charge in [0, 0.05) is 20.1 Å². The Morgan fingerprint density at radius 2 is 2.00 bits per heavy atom. The lowest BCUT2D eigenvalue weighted by Gasteiger charge is -2.08. The third-order valence-corrected chi connectivity index (χ3v) is 3.75. The second kappa shape index (κ2) is 4.99. The van der Waals surface area contributed by atoms with Gasteiger partial charge in [-0.05, 0) is 12.1 Å². The molecule has 1 rings (SSSR count). The quantitative estimate of drug-likeness (QED) is 0.843. The van der Waals surface area contributed by atoms with E-state index in [4.69, 9.17) is 4.42 Å². The first kappa shape index (κ1) is 13.2. The van der Waals surface area contributed by atoms with Crippen molar-refractivity contribution >= 4 is 10.0 Å². The molecule has 0 amide bonds. The summed E-state index contributed by atoms with van der Waals surface area (Å²) in [5.74, 6) is 0.620. The molecule has 0 saturated heterocycles. The summed E-state index contributed by atoms with van der Waals surface area (Å²) in [6.07, 6.45) is 0. The average Bonchev–Trinajstić information content (AvgIpc) is 2.63. The maximum absolute atomic E-state index is 11.7. The van der Waals surface area contributed by atoms with Gasteiger partial charge in [0.25, 0.3) is 10.0 Å². The zero-order valence-electron chi connectivity index (χ0n) is 10.0. The van der Waals surface area contributed by atoms with Gasteiger partial charge in [-0.25, -0.2) is 12.7 Å². The van der Waals surface area contributed by atoms with Crippen molar-refractivity contribution in [2.75, 3.05) is 14.1 Å². The van der Waals surface area contributed by atoms with E-state index in [1.54, 1.807) is 6.07 Å². The van der Waals surface area contributed by atoms with Gasteiger partial charge >= 0.3 is 0 Å². The van der Waals surface area contributed by atoms with E-state index in [0.717, 1.165) is 4.31 Å². The van der Waals surface area contributed by atoms with Gasteiger partial charge in [-0.15, -0.1) is 0 Å². The van der Waals surface area contributed by atoms with Crippen molar-refractivity contribution in [2.24, 2.45) is 0 Å². The smallest absolute Gasteiger partial charge is 0.275 e. The highest BCUT2D eigenvalue weighted by atomic mass is 32.2. The maximum atomic E-state index is 11.7. The van der Waals surface area contributed by atoms with Crippen molar-refractivity contribution in [2.45, 2.75) is 31.5 Å². The number of hydrogen-bond donors (Lipinski definition) is 1. The minimum Gasteiger partial charge on any atom is -0.447 e. The van der Waals surface area contributed by atoms with Crippen molar-refractivity contribution in [3.05, 3.63) is 17.9 Å². The molecule has 92 valence electrons. The highest BCUT2D eigenvalue weighted by Gasteiger charge is 2.21. The van der Waals surface area contributed by atoms with Gasteiger partial charge in [0.05, 0.1) is 6.54 Å². The van der Waals surface area contributed by atoms with Gasteiger partial charge in [-0.1, -0.05) is 13.8 Å². The summed E-state index contributed by atoms with van der Waals surface area (Å²) < 4.78 is 29.8. The molecule has 16 heavy (non-hydrogen) atoms. The lowest BCUT2D eigenvalue weighted by molar-refractivity contribution is 0.384. The molecule has 0 radical (unpaired) electrons. The summed E-state index contributed by atoms with van der Waals surface area (Å²) in [6, 6.07) is 3.48. The van der Waals surface area contributed by atoms with Crippen LogP contribution >= 0.6 is 0 Å². The summed E-state index contributed by atoms with van der Waals surface area (Å²) in [5.41, 5.74) is 0. The molecule has 1 N–H and O–H groups in total. The van der Waals surface area contributed by atoms with E-state index in [1.165, 1.54) is 20.2 Å². The van der Waals surface area contributed by atoms with Gasteiger partial charge in [-0.2, -0.15) is 0 Å². The van der Waals surface area contributed by atoms with Crippen LogP contribution in [0.4, 0.5) is 0 Å². The van der Waals surface area contributed by atoms with Crippen LogP contribution < -0.4 is 5.32 Å². The minimum atomic E-state index is -3.46. The second-order valence-electron chi connectivity index (χ2n) is 4.04. The van der Waals surface area contributed by atoms with Crippen LogP contribution in [0, 0.1) is 0 Å².